The molecule has 162 valence electrons. The third-order valence-electron chi connectivity index (χ3n) is 6.52. The maximum Gasteiger partial charge on any atom is 0.325 e. The van der Waals surface area contributed by atoms with Crippen molar-refractivity contribution in [1.82, 2.24) is 20.4 Å². The van der Waals surface area contributed by atoms with Gasteiger partial charge in [0.2, 0.25) is 5.91 Å². The smallest absolute Gasteiger partial charge is 0.325 e. The van der Waals surface area contributed by atoms with Gasteiger partial charge < -0.3 is 15.5 Å². The predicted molar refractivity (Wildman–Crippen MR) is 109 cm³/mol. The zero-order chi connectivity index (χ0) is 21.1. The summed E-state index contributed by atoms with van der Waals surface area (Å²) in [5.41, 5.74) is 0.526. The first-order valence-corrected chi connectivity index (χ1v) is 10.9. The fourth-order valence-electron chi connectivity index (χ4n) is 5.00. The number of amides is 4. The van der Waals surface area contributed by atoms with E-state index < -0.39 is 23.8 Å². The molecule has 4 amide bonds. The Kier molecular flexibility index (Phi) is 6.32. The van der Waals surface area contributed by atoms with Crippen LogP contribution in [0.15, 0.2) is 24.3 Å². The van der Waals surface area contributed by atoms with E-state index in [9.17, 15) is 18.8 Å². The molecule has 7 nitrogen and oxygen atoms in total. The van der Waals surface area contributed by atoms with Crippen molar-refractivity contribution in [3.8, 4) is 0 Å². The van der Waals surface area contributed by atoms with Crippen molar-refractivity contribution in [3.63, 3.8) is 0 Å². The van der Waals surface area contributed by atoms with E-state index in [1.807, 2.05) is 0 Å². The second-order valence-corrected chi connectivity index (χ2v) is 8.57. The Morgan fingerprint density at radius 1 is 1.17 bits per heavy atom. The molecule has 3 saturated heterocycles. The maximum atomic E-state index is 13.4. The molecule has 2 N–H and O–H groups in total. The molecular weight excluding hydrogens is 387 g/mol. The van der Waals surface area contributed by atoms with E-state index in [1.165, 1.54) is 37.5 Å². The van der Waals surface area contributed by atoms with Gasteiger partial charge in [-0.05, 0) is 62.4 Å². The van der Waals surface area contributed by atoms with Crippen molar-refractivity contribution >= 4 is 17.8 Å². The molecule has 3 aliphatic heterocycles. The van der Waals surface area contributed by atoms with Crippen LogP contribution in [0.4, 0.5) is 9.18 Å². The number of nitrogens with one attached hydrogen (secondary N) is 2. The van der Waals surface area contributed by atoms with Crippen LogP contribution in [0.25, 0.3) is 0 Å². The van der Waals surface area contributed by atoms with Gasteiger partial charge in [0.05, 0.1) is 13.0 Å². The largest absolute Gasteiger partial charge is 0.356 e. The molecule has 30 heavy (non-hydrogen) atoms. The lowest BCUT2D eigenvalue weighted by Crippen LogP contribution is -2.51. The monoisotopic (exact) mass is 416 g/mol. The maximum absolute atomic E-state index is 13.4. The highest BCUT2D eigenvalue weighted by atomic mass is 19.1. The lowest BCUT2D eigenvalue weighted by molar-refractivity contribution is -0.131. The summed E-state index contributed by atoms with van der Waals surface area (Å²) in [5.74, 6) is -0.652. The van der Waals surface area contributed by atoms with Gasteiger partial charge in [0.15, 0.2) is 0 Å². The highest BCUT2D eigenvalue weighted by molar-refractivity contribution is 6.05. The number of imide groups is 1. The summed E-state index contributed by atoms with van der Waals surface area (Å²) in [6.07, 6.45) is 5.88. The highest BCUT2D eigenvalue weighted by Gasteiger charge is 2.39. The van der Waals surface area contributed by atoms with E-state index in [0.29, 0.717) is 24.1 Å². The van der Waals surface area contributed by atoms with E-state index in [2.05, 4.69) is 15.5 Å². The van der Waals surface area contributed by atoms with Crippen LogP contribution in [0.1, 0.15) is 44.1 Å². The Labute approximate surface area is 176 Å². The van der Waals surface area contributed by atoms with E-state index >= 15 is 0 Å². The summed E-state index contributed by atoms with van der Waals surface area (Å²) < 4.78 is 13.4. The molecule has 0 bridgehead atoms. The molecule has 3 fully saturated rings. The number of nitrogens with zero attached hydrogens (tertiary/aromatic N) is 2. The second-order valence-electron chi connectivity index (χ2n) is 8.57. The molecule has 1 aromatic rings. The number of benzene rings is 1. The molecule has 1 unspecified atom stereocenters. The van der Waals surface area contributed by atoms with Crippen LogP contribution >= 0.6 is 0 Å². The number of halogens is 1. The number of hydrogen-bond acceptors (Lipinski definition) is 4. The van der Waals surface area contributed by atoms with Crippen LogP contribution in [-0.4, -0.2) is 59.4 Å². The fraction of sp³-hybridized carbons (Fsp3) is 0.591. The number of carbonyl (C=O) groups is 3. The Bertz CT molecular complexity index is 815. The third-order valence-corrected chi connectivity index (χ3v) is 6.52. The standard InChI is InChI=1S/C22H29FN4O3/c23-17-7-3-5-15(11-17)14-27-21(29)18(25-22(27)30)12-20(28)24-13-16-6-4-10-26-9-2-1-8-19(16)26/h3,5,7,11,16,18-19H,1-2,4,6,8-10,12-14H2,(H,24,28)(H,25,30)/t16-,18?,19+/m0/s1. The lowest BCUT2D eigenvalue weighted by Gasteiger charge is -2.44. The van der Waals surface area contributed by atoms with Gasteiger partial charge in [-0.1, -0.05) is 18.6 Å². The minimum absolute atomic E-state index is 0.0138. The molecule has 3 heterocycles. The van der Waals surface area contributed by atoms with Crippen LogP contribution in [0.3, 0.4) is 0 Å². The zero-order valence-electron chi connectivity index (χ0n) is 17.1. The SMILES string of the molecule is O=C(CC1NC(=O)N(Cc2cccc(F)c2)C1=O)NC[C@@H]1CCCN2CCCC[C@H]12. The molecule has 3 atom stereocenters. The number of piperidine rings is 2. The van der Waals surface area contributed by atoms with Gasteiger partial charge in [-0.2, -0.15) is 0 Å². The molecular formula is C22H29FN4O3. The summed E-state index contributed by atoms with van der Waals surface area (Å²) in [4.78, 5) is 40.8. The Morgan fingerprint density at radius 3 is 2.83 bits per heavy atom. The molecule has 0 saturated carbocycles. The number of urea groups is 1. The summed E-state index contributed by atoms with van der Waals surface area (Å²) in [5, 5.41) is 5.56. The van der Waals surface area contributed by atoms with Crippen molar-refractivity contribution < 1.29 is 18.8 Å². The summed E-state index contributed by atoms with van der Waals surface area (Å²) >= 11 is 0. The third kappa shape index (κ3) is 4.64. The first-order valence-electron chi connectivity index (χ1n) is 10.9. The molecule has 1 aromatic carbocycles. The first-order chi connectivity index (χ1) is 14.5. The van der Waals surface area contributed by atoms with Crippen LogP contribution in [0, 0.1) is 11.7 Å². The van der Waals surface area contributed by atoms with E-state index in [4.69, 9.17) is 0 Å². The van der Waals surface area contributed by atoms with Crippen LogP contribution in [0.5, 0.6) is 0 Å². The van der Waals surface area contributed by atoms with Crippen molar-refractivity contribution in [1.29, 1.82) is 0 Å². The fourth-order valence-corrected chi connectivity index (χ4v) is 5.00. The highest BCUT2D eigenvalue weighted by Crippen LogP contribution is 2.30. The summed E-state index contributed by atoms with van der Waals surface area (Å²) in [7, 11) is 0. The summed E-state index contributed by atoms with van der Waals surface area (Å²) in [6, 6.07) is 4.91. The minimum atomic E-state index is -0.872. The lowest BCUT2D eigenvalue weighted by atomic mass is 9.83. The Morgan fingerprint density at radius 2 is 2.00 bits per heavy atom. The first kappa shape index (κ1) is 20.8. The van der Waals surface area contributed by atoms with Gasteiger partial charge in [0.25, 0.3) is 5.91 Å². The van der Waals surface area contributed by atoms with Crippen molar-refractivity contribution in [2.75, 3.05) is 19.6 Å². The van der Waals surface area contributed by atoms with E-state index in [-0.39, 0.29) is 18.9 Å². The van der Waals surface area contributed by atoms with Gasteiger partial charge in [0, 0.05) is 12.6 Å². The Balaban J connectivity index is 1.28. The van der Waals surface area contributed by atoms with Gasteiger partial charge in [-0.25, -0.2) is 9.18 Å². The van der Waals surface area contributed by atoms with Crippen LogP contribution in [0.2, 0.25) is 0 Å². The topological polar surface area (TPSA) is 81.8 Å². The van der Waals surface area contributed by atoms with Gasteiger partial charge in [-0.3, -0.25) is 14.5 Å². The number of rotatable bonds is 6. The molecule has 8 heteroatoms. The van der Waals surface area contributed by atoms with Gasteiger partial charge in [0.1, 0.15) is 11.9 Å². The number of carbonyl (C=O) groups excluding carboxylic acids is 3. The van der Waals surface area contributed by atoms with Crippen LogP contribution < -0.4 is 10.6 Å². The Hall–Kier alpha value is -2.48. The van der Waals surface area contributed by atoms with Crippen LogP contribution in [-0.2, 0) is 16.1 Å². The van der Waals surface area contributed by atoms with Crippen molar-refractivity contribution in [3.05, 3.63) is 35.6 Å². The molecule has 0 aliphatic carbocycles. The van der Waals surface area contributed by atoms with Gasteiger partial charge >= 0.3 is 6.03 Å². The van der Waals surface area contributed by atoms with Gasteiger partial charge in [-0.15, -0.1) is 0 Å². The average molecular weight is 416 g/mol. The van der Waals surface area contributed by atoms with Crippen molar-refractivity contribution in [2.24, 2.45) is 5.92 Å². The second kappa shape index (κ2) is 9.12. The summed E-state index contributed by atoms with van der Waals surface area (Å²) in [6.45, 7) is 2.90. The quantitative estimate of drug-likeness (QED) is 0.696. The molecule has 0 radical (unpaired) electrons. The molecule has 4 rings (SSSR count). The molecule has 3 aliphatic rings. The van der Waals surface area contributed by atoms with Crippen molar-refractivity contribution in [2.45, 2.75) is 57.2 Å². The minimum Gasteiger partial charge on any atom is -0.356 e. The number of hydrogen-bond donors (Lipinski definition) is 2. The normalized spacial score (nSPS) is 27.0. The molecule has 0 aromatic heterocycles. The van der Waals surface area contributed by atoms with E-state index in [1.54, 1.807) is 6.07 Å². The number of fused-ring (bicyclic) bond motifs is 1. The molecule has 0 spiro atoms. The van der Waals surface area contributed by atoms with E-state index in [0.717, 1.165) is 30.8 Å². The zero-order valence-corrected chi connectivity index (χ0v) is 17.1. The predicted octanol–water partition coefficient (Wildman–Crippen LogP) is 2.02. The average Bonchev–Trinajstić information content (AvgIpc) is 2.99.